The van der Waals surface area contributed by atoms with E-state index in [4.69, 9.17) is 4.74 Å². The maximum Gasteiger partial charge on any atom is 0.322 e. The van der Waals surface area contributed by atoms with Gasteiger partial charge in [0.1, 0.15) is 0 Å². The van der Waals surface area contributed by atoms with Crippen molar-refractivity contribution in [2.75, 3.05) is 5.32 Å². The SMILES string of the molecule is O=C(Cc1c[nH]c2ccccc12)Nc1cnc(Oc2ccccc2F)nc1. The smallest absolute Gasteiger partial charge is 0.322 e. The summed E-state index contributed by atoms with van der Waals surface area (Å²) in [5.74, 6) is -0.656. The minimum atomic E-state index is -0.503. The zero-order valence-corrected chi connectivity index (χ0v) is 14.1. The van der Waals surface area contributed by atoms with E-state index >= 15 is 0 Å². The third-order valence-electron chi connectivity index (χ3n) is 3.98. The molecule has 0 atom stereocenters. The maximum atomic E-state index is 13.6. The summed E-state index contributed by atoms with van der Waals surface area (Å²) in [6.07, 6.45) is 4.87. The van der Waals surface area contributed by atoms with Crippen LogP contribution in [-0.4, -0.2) is 20.9 Å². The molecule has 0 aliphatic rings. The van der Waals surface area contributed by atoms with E-state index in [0.29, 0.717) is 5.69 Å². The second-order valence-electron chi connectivity index (χ2n) is 5.87. The van der Waals surface area contributed by atoms with Crippen LogP contribution in [0.15, 0.2) is 67.1 Å². The lowest BCUT2D eigenvalue weighted by Crippen LogP contribution is -2.14. The van der Waals surface area contributed by atoms with Crippen molar-refractivity contribution in [1.29, 1.82) is 0 Å². The number of ether oxygens (including phenoxy) is 1. The Hall–Kier alpha value is -3.74. The Morgan fingerprint density at radius 2 is 1.81 bits per heavy atom. The zero-order valence-electron chi connectivity index (χ0n) is 14.1. The van der Waals surface area contributed by atoms with Crippen LogP contribution in [-0.2, 0) is 11.2 Å². The van der Waals surface area contributed by atoms with Crippen molar-refractivity contribution in [1.82, 2.24) is 15.0 Å². The fourth-order valence-electron chi connectivity index (χ4n) is 2.72. The number of H-pyrrole nitrogens is 1. The monoisotopic (exact) mass is 362 g/mol. The Kier molecular flexibility index (Phi) is 4.49. The molecule has 0 radical (unpaired) electrons. The van der Waals surface area contributed by atoms with Gasteiger partial charge in [-0.05, 0) is 23.8 Å². The number of hydrogen-bond donors (Lipinski definition) is 2. The minimum Gasteiger partial charge on any atom is -0.421 e. The molecule has 0 fully saturated rings. The fourth-order valence-corrected chi connectivity index (χ4v) is 2.72. The van der Waals surface area contributed by atoms with Crippen LogP contribution in [0.25, 0.3) is 10.9 Å². The first kappa shape index (κ1) is 16.7. The lowest BCUT2D eigenvalue weighted by molar-refractivity contribution is -0.115. The Balaban J connectivity index is 1.41. The van der Waals surface area contributed by atoms with Crippen LogP contribution in [0.5, 0.6) is 11.8 Å². The molecule has 0 unspecified atom stereocenters. The van der Waals surface area contributed by atoms with Gasteiger partial charge in [0.15, 0.2) is 11.6 Å². The van der Waals surface area contributed by atoms with Gasteiger partial charge < -0.3 is 15.0 Å². The molecular formula is C20H15FN4O2. The molecule has 134 valence electrons. The molecule has 0 bridgehead atoms. The van der Waals surface area contributed by atoms with Gasteiger partial charge in [-0.15, -0.1) is 0 Å². The summed E-state index contributed by atoms with van der Waals surface area (Å²) in [6, 6.07) is 13.8. The van der Waals surface area contributed by atoms with Crippen LogP contribution in [0.2, 0.25) is 0 Å². The van der Waals surface area contributed by atoms with E-state index in [9.17, 15) is 9.18 Å². The van der Waals surface area contributed by atoms with Crippen molar-refractivity contribution in [2.24, 2.45) is 0 Å². The molecule has 6 nitrogen and oxygen atoms in total. The first-order chi connectivity index (χ1) is 13.2. The second-order valence-corrected chi connectivity index (χ2v) is 5.87. The van der Waals surface area contributed by atoms with Crippen LogP contribution in [0.3, 0.4) is 0 Å². The molecule has 1 amide bonds. The highest BCUT2D eigenvalue weighted by Crippen LogP contribution is 2.22. The van der Waals surface area contributed by atoms with E-state index in [0.717, 1.165) is 16.5 Å². The van der Waals surface area contributed by atoms with Crippen LogP contribution < -0.4 is 10.1 Å². The minimum absolute atomic E-state index is 0.00488. The van der Waals surface area contributed by atoms with Gasteiger partial charge in [-0.3, -0.25) is 4.79 Å². The number of fused-ring (bicyclic) bond motifs is 1. The topological polar surface area (TPSA) is 79.9 Å². The normalized spacial score (nSPS) is 10.7. The number of carbonyl (C=O) groups excluding carboxylic acids is 1. The van der Waals surface area contributed by atoms with Crippen LogP contribution in [0, 0.1) is 5.82 Å². The fraction of sp³-hybridized carbons (Fsp3) is 0.0500. The third-order valence-corrected chi connectivity index (χ3v) is 3.98. The van der Waals surface area contributed by atoms with Crippen molar-refractivity contribution in [3.05, 3.63) is 78.5 Å². The van der Waals surface area contributed by atoms with Crippen molar-refractivity contribution < 1.29 is 13.9 Å². The third kappa shape index (κ3) is 3.77. The van der Waals surface area contributed by atoms with E-state index in [1.54, 1.807) is 12.1 Å². The molecule has 0 saturated heterocycles. The average Bonchev–Trinajstić information content (AvgIpc) is 3.08. The Labute approximate surface area is 154 Å². The standard InChI is InChI=1S/C20H15FN4O2/c21-16-6-2-4-8-18(16)27-20-23-11-14(12-24-20)25-19(26)9-13-10-22-17-7-3-1-5-15(13)17/h1-8,10-12,22H,9H2,(H,25,26). The summed E-state index contributed by atoms with van der Waals surface area (Å²) < 4.78 is 18.9. The number of amides is 1. The molecule has 27 heavy (non-hydrogen) atoms. The van der Waals surface area contributed by atoms with Gasteiger partial charge >= 0.3 is 6.01 Å². The quantitative estimate of drug-likeness (QED) is 0.561. The van der Waals surface area contributed by atoms with Gasteiger partial charge in [0.25, 0.3) is 0 Å². The first-order valence-corrected chi connectivity index (χ1v) is 8.28. The second kappa shape index (κ2) is 7.25. The molecule has 0 aliphatic carbocycles. The summed E-state index contributed by atoms with van der Waals surface area (Å²) in [5, 5.41) is 3.75. The predicted octanol–water partition coefficient (Wildman–Crippen LogP) is 4.07. The molecule has 0 spiro atoms. The highest BCUT2D eigenvalue weighted by Gasteiger charge is 2.10. The lowest BCUT2D eigenvalue weighted by Gasteiger charge is -2.06. The van der Waals surface area contributed by atoms with Crippen LogP contribution in [0.4, 0.5) is 10.1 Å². The number of aromatic amines is 1. The lowest BCUT2D eigenvalue weighted by atomic mass is 10.1. The molecule has 4 rings (SSSR count). The Bertz CT molecular complexity index is 1090. The highest BCUT2D eigenvalue weighted by atomic mass is 19.1. The van der Waals surface area contributed by atoms with Crippen molar-refractivity contribution in [2.45, 2.75) is 6.42 Å². The number of rotatable bonds is 5. The Morgan fingerprint density at radius 3 is 2.63 bits per heavy atom. The van der Waals surface area contributed by atoms with Gasteiger partial charge in [0.05, 0.1) is 24.5 Å². The molecule has 4 aromatic rings. The maximum absolute atomic E-state index is 13.6. The van der Waals surface area contributed by atoms with Gasteiger partial charge in [-0.1, -0.05) is 30.3 Å². The number of anilines is 1. The van der Waals surface area contributed by atoms with E-state index in [2.05, 4.69) is 20.3 Å². The summed E-state index contributed by atoms with van der Waals surface area (Å²) in [7, 11) is 0. The van der Waals surface area contributed by atoms with Gasteiger partial charge in [-0.25, -0.2) is 14.4 Å². The van der Waals surface area contributed by atoms with E-state index in [-0.39, 0.29) is 24.1 Å². The summed E-state index contributed by atoms with van der Waals surface area (Å²) in [4.78, 5) is 23.4. The zero-order chi connectivity index (χ0) is 18.6. The summed E-state index contributed by atoms with van der Waals surface area (Å²) in [5.41, 5.74) is 2.32. The molecule has 2 heterocycles. The number of nitrogens with zero attached hydrogens (tertiary/aromatic N) is 2. The molecule has 2 aromatic heterocycles. The van der Waals surface area contributed by atoms with Crippen molar-refractivity contribution >= 4 is 22.5 Å². The van der Waals surface area contributed by atoms with E-state index in [1.807, 2.05) is 30.5 Å². The summed E-state index contributed by atoms with van der Waals surface area (Å²) >= 11 is 0. The molecule has 2 aromatic carbocycles. The van der Waals surface area contributed by atoms with Gasteiger partial charge in [0, 0.05) is 17.1 Å². The number of aromatic nitrogens is 3. The number of para-hydroxylation sites is 2. The highest BCUT2D eigenvalue weighted by molar-refractivity contribution is 5.95. The van der Waals surface area contributed by atoms with Crippen LogP contribution >= 0.6 is 0 Å². The molecule has 2 N–H and O–H groups in total. The average molecular weight is 362 g/mol. The van der Waals surface area contributed by atoms with E-state index < -0.39 is 5.82 Å². The molecule has 0 saturated carbocycles. The number of hydrogen-bond acceptors (Lipinski definition) is 4. The summed E-state index contributed by atoms with van der Waals surface area (Å²) in [6.45, 7) is 0. The molecular weight excluding hydrogens is 347 g/mol. The molecule has 7 heteroatoms. The van der Waals surface area contributed by atoms with Gasteiger partial charge in [-0.2, -0.15) is 0 Å². The largest absolute Gasteiger partial charge is 0.421 e. The first-order valence-electron chi connectivity index (χ1n) is 8.28. The van der Waals surface area contributed by atoms with Crippen LogP contribution in [0.1, 0.15) is 5.56 Å². The predicted molar refractivity (Wildman–Crippen MR) is 99.1 cm³/mol. The molecule has 0 aliphatic heterocycles. The number of halogens is 1. The van der Waals surface area contributed by atoms with Crippen molar-refractivity contribution in [3.8, 4) is 11.8 Å². The van der Waals surface area contributed by atoms with Gasteiger partial charge in [0.2, 0.25) is 5.91 Å². The number of benzene rings is 2. The van der Waals surface area contributed by atoms with Crippen molar-refractivity contribution in [3.63, 3.8) is 0 Å². The number of carbonyl (C=O) groups is 1. The number of nitrogens with one attached hydrogen (secondary N) is 2. The Morgan fingerprint density at radius 1 is 1.07 bits per heavy atom. The van der Waals surface area contributed by atoms with E-state index in [1.165, 1.54) is 24.5 Å².